The van der Waals surface area contributed by atoms with Crippen LogP contribution in [0.5, 0.6) is 0 Å². The Morgan fingerprint density at radius 3 is 2.68 bits per heavy atom. The highest BCUT2D eigenvalue weighted by Crippen LogP contribution is 2.28. The van der Waals surface area contributed by atoms with Crippen molar-refractivity contribution in [2.24, 2.45) is 5.73 Å². The van der Waals surface area contributed by atoms with Gasteiger partial charge in [0.25, 0.3) is 0 Å². The molecule has 1 fully saturated rings. The molecule has 0 saturated heterocycles. The molecule has 1 saturated carbocycles. The highest BCUT2D eigenvalue weighted by atomic mass is 16.3. The van der Waals surface area contributed by atoms with Crippen molar-refractivity contribution in [2.75, 3.05) is 11.4 Å². The number of rotatable bonds is 5. The van der Waals surface area contributed by atoms with E-state index in [1.54, 1.807) is 19.2 Å². The van der Waals surface area contributed by atoms with Crippen LogP contribution < -0.4 is 10.6 Å². The summed E-state index contributed by atoms with van der Waals surface area (Å²) in [6.07, 6.45) is 5.70. The Kier molecular flexibility index (Phi) is 4.37. The van der Waals surface area contributed by atoms with Crippen molar-refractivity contribution in [3.63, 3.8) is 0 Å². The molecular formula is C14H21N3O2. The number of primary amides is 1. The van der Waals surface area contributed by atoms with Crippen molar-refractivity contribution in [2.45, 2.75) is 44.8 Å². The molecule has 1 heterocycles. The zero-order chi connectivity index (χ0) is 13.8. The van der Waals surface area contributed by atoms with Crippen molar-refractivity contribution < 1.29 is 9.90 Å². The minimum absolute atomic E-state index is 0.223. The molecule has 1 atom stereocenters. The average molecular weight is 263 g/mol. The van der Waals surface area contributed by atoms with Crippen LogP contribution in [0.1, 0.15) is 44.4 Å². The van der Waals surface area contributed by atoms with Crippen LogP contribution in [0.2, 0.25) is 0 Å². The molecule has 104 valence electrons. The molecule has 1 aromatic rings. The van der Waals surface area contributed by atoms with Crippen molar-refractivity contribution >= 4 is 11.6 Å². The van der Waals surface area contributed by atoms with Crippen molar-refractivity contribution in [1.29, 1.82) is 0 Å². The van der Waals surface area contributed by atoms with E-state index in [1.807, 2.05) is 11.0 Å². The molecule has 5 nitrogen and oxygen atoms in total. The van der Waals surface area contributed by atoms with Crippen molar-refractivity contribution in [3.8, 4) is 0 Å². The van der Waals surface area contributed by atoms with E-state index in [9.17, 15) is 9.90 Å². The van der Waals surface area contributed by atoms with Gasteiger partial charge < -0.3 is 15.7 Å². The lowest BCUT2D eigenvalue weighted by atomic mass is 10.1. The second kappa shape index (κ2) is 6.02. The van der Waals surface area contributed by atoms with Gasteiger partial charge in [-0.3, -0.25) is 9.78 Å². The summed E-state index contributed by atoms with van der Waals surface area (Å²) in [5.41, 5.74) is 6.87. The van der Waals surface area contributed by atoms with Gasteiger partial charge in [-0.1, -0.05) is 12.8 Å². The number of carbonyl (C=O) groups is 1. The predicted molar refractivity (Wildman–Crippen MR) is 73.7 cm³/mol. The maximum absolute atomic E-state index is 11.2. The number of nitrogens with two attached hydrogens (primary N) is 1. The lowest BCUT2D eigenvalue weighted by molar-refractivity contribution is -0.116. The first-order valence-corrected chi connectivity index (χ1v) is 6.77. The molecule has 0 aromatic carbocycles. The standard InChI is InChI=1S/C14H21N3O2/c1-10(18)13-7-6-12(8-16-13)17(9-14(15)19)11-4-2-3-5-11/h6-8,10-11,18H,2-5,9H2,1H3,(H2,15,19)/t10-/m1/s1. The Labute approximate surface area is 113 Å². The van der Waals surface area contributed by atoms with Crippen LogP contribution >= 0.6 is 0 Å². The summed E-state index contributed by atoms with van der Waals surface area (Å²) < 4.78 is 0. The molecule has 1 aliphatic carbocycles. The highest BCUT2D eigenvalue weighted by molar-refractivity contribution is 5.79. The van der Waals surface area contributed by atoms with Crippen LogP contribution in [-0.2, 0) is 4.79 Å². The number of hydrogen-bond acceptors (Lipinski definition) is 4. The summed E-state index contributed by atoms with van der Waals surface area (Å²) >= 11 is 0. The van der Waals surface area contributed by atoms with Crippen molar-refractivity contribution in [1.82, 2.24) is 4.98 Å². The average Bonchev–Trinajstić information content (AvgIpc) is 2.89. The smallest absolute Gasteiger partial charge is 0.236 e. The number of amides is 1. The van der Waals surface area contributed by atoms with Crippen molar-refractivity contribution in [3.05, 3.63) is 24.0 Å². The van der Waals surface area contributed by atoms with Gasteiger partial charge in [-0.05, 0) is 31.9 Å². The van der Waals surface area contributed by atoms with Crippen LogP contribution in [-0.4, -0.2) is 28.6 Å². The van der Waals surface area contributed by atoms with Gasteiger partial charge >= 0.3 is 0 Å². The number of anilines is 1. The number of carbonyl (C=O) groups excluding carboxylic acids is 1. The van der Waals surface area contributed by atoms with Crippen LogP contribution in [0.4, 0.5) is 5.69 Å². The van der Waals surface area contributed by atoms with Gasteiger partial charge in [-0.2, -0.15) is 0 Å². The fraction of sp³-hybridized carbons (Fsp3) is 0.571. The molecular weight excluding hydrogens is 242 g/mol. The molecule has 0 spiro atoms. The first-order valence-electron chi connectivity index (χ1n) is 6.77. The summed E-state index contributed by atoms with van der Waals surface area (Å²) in [5, 5.41) is 9.46. The molecule has 1 amide bonds. The molecule has 1 aliphatic rings. The van der Waals surface area contributed by atoms with Crippen LogP contribution in [0.15, 0.2) is 18.3 Å². The van der Waals surface area contributed by atoms with Gasteiger partial charge in [-0.25, -0.2) is 0 Å². The first kappa shape index (κ1) is 13.8. The minimum Gasteiger partial charge on any atom is -0.387 e. The molecule has 1 aromatic heterocycles. The van der Waals surface area contributed by atoms with E-state index in [0.717, 1.165) is 18.5 Å². The molecule has 0 aliphatic heterocycles. The van der Waals surface area contributed by atoms with Gasteiger partial charge in [0, 0.05) is 6.04 Å². The van der Waals surface area contributed by atoms with Gasteiger partial charge in [0.05, 0.1) is 30.2 Å². The zero-order valence-corrected chi connectivity index (χ0v) is 11.2. The molecule has 0 unspecified atom stereocenters. The van der Waals surface area contributed by atoms with Gasteiger partial charge in [0.1, 0.15) is 0 Å². The van der Waals surface area contributed by atoms with E-state index < -0.39 is 6.10 Å². The largest absolute Gasteiger partial charge is 0.387 e. The summed E-state index contributed by atoms with van der Waals surface area (Å²) in [7, 11) is 0. The normalized spacial score (nSPS) is 17.4. The summed E-state index contributed by atoms with van der Waals surface area (Å²) in [6, 6.07) is 4.06. The fourth-order valence-electron chi connectivity index (χ4n) is 2.63. The molecule has 0 radical (unpaired) electrons. The summed E-state index contributed by atoms with van der Waals surface area (Å²) in [5.74, 6) is -0.327. The minimum atomic E-state index is -0.579. The van der Waals surface area contributed by atoms with Gasteiger partial charge in [0.15, 0.2) is 0 Å². The monoisotopic (exact) mass is 263 g/mol. The highest BCUT2D eigenvalue weighted by Gasteiger charge is 2.24. The number of nitrogens with zero attached hydrogens (tertiary/aromatic N) is 2. The summed E-state index contributed by atoms with van der Waals surface area (Å²) in [4.78, 5) is 17.5. The third kappa shape index (κ3) is 3.44. The second-order valence-electron chi connectivity index (χ2n) is 5.15. The van der Waals surface area contributed by atoms with Gasteiger partial charge in [0.2, 0.25) is 5.91 Å². The third-order valence-corrected chi connectivity index (χ3v) is 3.62. The SMILES string of the molecule is C[C@@H](O)c1ccc(N(CC(N)=O)C2CCCC2)cn1. The van der Waals surface area contributed by atoms with E-state index in [-0.39, 0.29) is 12.5 Å². The topological polar surface area (TPSA) is 79.5 Å². The maximum Gasteiger partial charge on any atom is 0.236 e. The predicted octanol–water partition coefficient (Wildman–Crippen LogP) is 1.37. The van der Waals surface area contributed by atoms with Gasteiger partial charge in [-0.15, -0.1) is 0 Å². The first-order chi connectivity index (χ1) is 9.08. The lowest BCUT2D eigenvalue weighted by Gasteiger charge is -2.29. The Morgan fingerprint density at radius 1 is 1.53 bits per heavy atom. The summed E-state index contributed by atoms with van der Waals surface area (Å²) in [6.45, 7) is 1.90. The van der Waals surface area contributed by atoms with Crippen LogP contribution in [0, 0.1) is 0 Å². The Balaban J connectivity index is 2.19. The molecule has 3 N–H and O–H groups in total. The number of aliphatic hydroxyl groups is 1. The zero-order valence-electron chi connectivity index (χ0n) is 11.2. The Bertz CT molecular complexity index is 425. The lowest BCUT2D eigenvalue weighted by Crippen LogP contribution is -2.40. The van der Waals surface area contributed by atoms with E-state index in [2.05, 4.69) is 4.98 Å². The quantitative estimate of drug-likeness (QED) is 0.841. The van der Waals surface area contributed by atoms with E-state index >= 15 is 0 Å². The van der Waals surface area contributed by atoms with E-state index in [0.29, 0.717) is 11.7 Å². The van der Waals surface area contributed by atoms with E-state index in [1.165, 1.54) is 12.8 Å². The van der Waals surface area contributed by atoms with Crippen LogP contribution in [0.25, 0.3) is 0 Å². The number of aliphatic hydroxyl groups excluding tert-OH is 1. The molecule has 0 bridgehead atoms. The second-order valence-corrected chi connectivity index (χ2v) is 5.15. The number of hydrogen-bond donors (Lipinski definition) is 2. The van der Waals surface area contributed by atoms with Crippen LogP contribution in [0.3, 0.4) is 0 Å². The number of aromatic nitrogens is 1. The maximum atomic E-state index is 11.2. The molecule has 19 heavy (non-hydrogen) atoms. The fourth-order valence-corrected chi connectivity index (χ4v) is 2.63. The van der Waals surface area contributed by atoms with E-state index in [4.69, 9.17) is 5.73 Å². The molecule has 2 rings (SSSR count). The third-order valence-electron chi connectivity index (χ3n) is 3.62. The Hall–Kier alpha value is -1.62. The number of pyridine rings is 1. The molecule has 5 heteroatoms. The Morgan fingerprint density at radius 2 is 2.21 bits per heavy atom.